The Labute approximate surface area is 110 Å². The summed E-state index contributed by atoms with van der Waals surface area (Å²) >= 11 is 5.68. The number of nitrogens with one attached hydrogen (secondary N) is 1. The molecule has 0 spiro atoms. The van der Waals surface area contributed by atoms with E-state index in [1.165, 1.54) is 12.1 Å². The fourth-order valence-electron chi connectivity index (χ4n) is 1.53. The molecule has 0 fully saturated rings. The van der Waals surface area contributed by atoms with Crippen molar-refractivity contribution in [2.24, 2.45) is 0 Å². The first-order chi connectivity index (χ1) is 8.66. The van der Waals surface area contributed by atoms with Crippen molar-refractivity contribution in [2.45, 2.75) is 6.54 Å². The molecule has 3 nitrogen and oxygen atoms in total. The number of halogens is 1. The number of carbonyl (C=O) groups is 1. The van der Waals surface area contributed by atoms with Gasteiger partial charge in [0.2, 0.25) is 0 Å². The standard InChI is InChI=1S/C14H12ClNO2/c15-12-7-6-11(8-13(12)17)14(18)16-9-10-4-2-1-3-5-10/h1-8,17H,9H2,(H,16,18). The summed E-state index contributed by atoms with van der Waals surface area (Å²) in [6.07, 6.45) is 0. The van der Waals surface area contributed by atoms with E-state index < -0.39 is 0 Å². The Balaban J connectivity index is 2.02. The monoisotopic (exact) mass is 261 g/mol. The minimum Gasteiger partial charge on any atom is -0.506 e. The van der Waals surface area contributed by atoms with E-state index in [1.54, 1.807) is 6.07 Å². The summed E-state index contributed by atoms with van der Waals surface area (Å²) in [6.45, 7) is 0.447. The average molecular weight is 262 g/mol. The largest absolute Gasteiger partial charge is 0.506 e. The number of rotatable bonds is 3. The minimum absolute atomic E-state index is 0.0935. The molecule has 2 N–H and O–H groups in total. The second kappa shape index (κ2) is 5.56. The maximum absolute atomic E-state index is 11.8. The zero-order valence-corrected chi connectivity index (χ0v) is 10.3. The van der Waals surface area contributed by atoms with E-state index in [2.05, 4.69) is 5.32 Å². The SMILES string of the molecule is O=C(NCc1ccccc1)c1ccc(Cl)c(O)c1. The van der Waals surface area contributed by atoms with Crippen molar-refractivity contribution in [3.8, 4) is 5.75 Å². The Kier molecular flexibility index (Phi) is 3.85. The van der Waals surface area contributed by atoms with Crippen LogP contribution in [0.3, 0.4) is 0 Å². The molecule has 0 aliphatic rings. The zero-order chi connectivity index (χ0) is 13.0. The number of amides is 1. The molecule has 92 valence electrons. The number of benzene rings is 2. The van der Waals surface area contributed by atoms with E-state index in [-0.39, 0.29) is 16.7 Å². The number of hydrogen-bond donors (Lipinski definition) is 2. The predicted octanol–water partition coefficient (Wildman–Crippen LogP) is 2.98. The summed E-state index contributed by atoms with van der Waals surface area (Å²) in [5, 5.41) is 12.4. The van der Waals surface area contributed by atoms with Crippen molar-refractivity contribution in [1.82, 2.24) is 5.32 Å². The number of aromatic hydroxyl groups is 1. The third-order valence-electron chi connectivity index (χ3n) is 2.50. The summed E-state index contributed by atoms with van der Waals surface area (Å²) < 4.78 is 0. The number of carbonyl (C=O) groups excluding carboxylic acids is 1. The summed E-state index contributed by atoms with van der Waals surface area (Å²) in [6, 6.07) is 14.0. The lowest BCUT2D eigenvalue weighted by molar-refractivity contribution is 0.0950. The third kappa shape index (κ3) is 3.02. The lowest BCUT2D eigenvalue weighted by Crippen LogP contribution is -2.22. The van der Waals surface area contributed by atoms with Gasteiger partial charge in [-0.05, 0) is 23.8 Å². The van der Waals surface area contributed by atoms with Crippen molar-refractivity contribution >= 4 is 17.5 Å². The molecule has 2 aromatic carbocycles. The number of phenols is 1. The Hall–Kier alpha value is -2.00. The van der Waals surface area contributed by atoms with Gasteiger partial charge in [0.05, 0.1) is 5.02 Å². The quantitative estimate of drug-likeness (QED) is 0.892. The van der Waals surface area contributed by atoms with E-state index in [0.29, 0.717) is 12.1 Å². The second-order valence-electron chi connectivity index (χ2n) is 3.83. The van der Waals surface area contributed by atoms with E-state index in [9.17, 15) is 9.90 Å². The van der Waals surface area contributed by atoms with Gasteiger partial charge in [0.25, 0.3) is 5.91 Å². The van der Waals surface area contributed by atoms with E-state index in [4.69, 9.17) is 11.6 Å². The summed E-state index contributed by atoms with van der Waals surface area (Å²) in [4.78, 5) is 11.8. The van der Waals surface area contributed by atoms with Gasteiger partial charge in [-0.3, -0.25) is 4.79 Å². The molecule has 0 atom stereocenters. The van der Waals surface area contributed by atoms with E-state index in [1.807, 2.05) is 30.3 Å². The van der Waals surface area contributed by atoms with Crippen LogP contribution in [0, 0.1) is 0 Å². The number of phenolic OH excluding ortho intramolecular Hbond substituents is 1. The summed E-state index contributed by atoms with van der Waals surface area (Å²) in [5.74, 6) is -0.338. The highest BCUT2D eigenvalue weighted by Gasteiger charge is 2.07. The van der Waals surface area contributed by atoms with Crippen molar-refractivity contribution < 1.29 is 9.90 Å². The van der Waals surface area contributed by atoms with Crippen molar-refractivity contribution in [1.29, 1.82) is 0 Å². The molecular formula is C14H12ClNO2. The van der Waals surface area contributed by atoms with Crippen LogP contribution in [-0.2, 0) is 6.54 Å². The lowest BCUT2D eigenvalue weighted by Gasteiger charge is -2.06. The van der Waals surface area contributed by atoms with Crippen LogP contribution >= 0.6 is 11.6 Å². The zero-order valence-electron chi connectivity index (χ0n) is 9.56. The Bertz CT molecular complexity index is 555. The smallest absolute Gasteiger partial charge is 0.251 e. The molecule has 0 aliphatic heterocycles. The normalized spacial score (nSPS) is 10.1. The van der Waals surface area contributed by atoms with Crippen LogP contribution in [-0.4, -0.2) is 11.0 Å². The van der Waals surface area contributed by atoms with Crippen LogP contribution in [0.4, 0.5) is 0 Å². The fourth-order valence-corrected chi connectivity index (χ4v) is 1.65. The first-order valence-corrected chi connectivity index (χ1v) is 5.85. The Morgan fingerprint density at radius 3 is 2.56 bits per heavy atom. The van der Waals surface area contributed by atoms with Crippen molar-refractivity contribution in [2.75, 3.05) is 0 Å². The minimum atomic E-state index is -0.245. The summed E-state index contributed by atoms with van der Waals surface area (Å²) in [7, 11) is 0. The summed E-state index contributed by atoms with van der Waals surface area (Å²) in [5.41, 5.74) is 1.40. The first-order valence-electron chi connectivity index (χ1n) is 5.47. The highest BCUT2D eigenvalue weighted by molar-refractivity contribution is 6.32. The molecule has 4 heteroatoms. The van der Waals surface area contributed by atoms with Gasteiger partial charge in [0, 0.05) is 12.1 Å². The van der Waals surface area contributed by atoms with Crippen molar-refractivity contribution in [3.05, 3.63) is 64.7 Å². The van der Waals surface area contributed by atoms with Gasteiger partial charge in [-0.15, -0.1) is 0 Å². The molecule has 0 saturated carbocycles. The van der Waals surface area contributed by atoms with Crippen LogP contribution in [0.25, 0.3) is 0 Å². The predicted molar refractivity (Wildman–Crippen MR) is 70.7 cm³/mol. The third-order valence-corrected chi connectivity index (χ3v) is 2.82. The molecular weight excluding hydrogens is 250 g/mol. The average Bonchev–Trinajstić information content (AvgIpc) is 2.40. The lowest BCUT2D eigenvalue weighted by atomic mass is 10.2. The molecule has 18 heavy (non-hydrogen) atoms. The molecule has 0 bridgehead atoms. The fraction of sp³-hybridized carbons (Fsp3) is 0.0714. The Morgan fingerprint density at radius 1 is 1.17 bits per heavy atom. The molecule has 0 radical (unpaired) electrons. The molecule has 2 rings (SSSR count). The maximum atomic E-state index is 11.8. The van der Waals surface area contributed by atoms with E-state index in [0.717, 1.165) is 5.56 Å². The van der Waals surface area contributed by atoms with Crippen LogP contribution in [0.15, 0.2) is 48.5 Å². The van der Waals surface area contributed by atoms with Crippen molar-refractivity contribution in [3.63, 3.8) is 0 Å². The van der Waals surface area contributed by atoms with Gasteiger partial charge in [-0.2, -0.15) is 0 Å². The van der Waals surface area contributed by atoms with Crippen LogP contribution < -0.4 is 5.32 Å². The highest BCUT2D eigenvalue weighted by atomic mass is 35.5. The Morgan fingerprint density at radius 2 is 1.89 bits per heavy atom. The molecule has 2 aromatic rings. The molecule has 0 saturated heterocycles. The first kappa shape index (κ1) is 12.5. The van der Waals surface area contributed by atoms with Gasteiger partial charge in [-0.1, -0.05) is 41.9 Å². The van der Waals surface area contributed by atoms with Gasteiger partial charge in [0.15, 0.2) is 0 Å². The highest BCUT2D eigenvalue weighted by Crippen LogP contribution is 2.23. The van der Waals surface area contributed by atoms with Crippen LogP contribution in [0.5, 0.6) is 5.75 Å². The molecule has 0 aromatic heterocycles. The molecule has 0 unspecified atom stereocenters. The molecule has 0 heterocycles. The van der Waals surface area contributed by atoms with Gasteiger partial charge in [-0.25, -0.2) is 0 Å². The maximum Gasteiger partial charge on any atom is 0.251 e. The van der Waals surface area contributed by atoms with Crippen LogP contribution in [0.2, 0.25) is 5.02 Å². The molecule has 0 aliphatic carbocycles. The van der Waals surface area contributed by atoms with Gasteiger partial charge < -0.3 is 10.4 Å². The van der Waals surface area contributed by atoms with Crippen LogP contribution in [0.1, 0.15) is 15.9 Å². The molecule has 1 amide bonds. The van der Waals surface area contributed by atoms with Gasteiger partial charge >= 0.3 is 0 Å². The topological polar surface area (TPSA) is 49.3 Å². The van der Waals surface area contributed by atoms with Gasteiger partial charge in [0.1, 0.15) is 5.75 Å². The van der Waals surface area contributed by atoms with E-state index >= 15 is 0 Å². The number of hydrogen-bond acceptors (Lipinski definition) is 2. The second-order valence-corrected chi connectivity index (χ2v) is 4.24.